The highest BCUT2D eigenvalue weighted by atomic mass is 16.6. The maximum Gasteiger partial charge on any atom is 0.412 e. The van der Waals surface area contributed by atoms with Crippen molar-refractivity contribution in [1.29, 1.82) is 0 Å². The summed E-state index contributed by atoms with van der Waals surface area (Å²) in [5.74, 6) is -1.07. The SMILES string of the molecule is CC(C)(C)OC(=O)Nc1cnccc1/C=C/C(=O)O. The molecule has 0 saturated carbocycles. The molecule has 0 aliphatic heterocycles. The minimum atomic E-state index is -1.07. The number of amides is 1. The molecule has 1 aromatic heterocycles. The first-order chi connectivity index (χ1) is 8.78. The van der Waals surface area contributed by atoms with Crippen LogP contribution in [-0.2, 0) is 9.53 Å². The number of carboxylic acid groups (broad SMARTS) is 1. The number of aromatic nitrogens is 1. The minimum absolute atomic E-state index is 0.384. The van der Waals surface area contributed by atoms with Gasteiger partial charge >= 0.3 is 12.1 Å². The summed E-state index contributed by atoms with van der Waals surface area (Å²) in [6.45, 7) is 5.25. The molecule has 0 aliphatic carbocycles. The fraction of sp³-hybridized carbons (Fsp3) is 0.308. The van der Waals surface area contributed by atoms with Crippen LogP contribution >= 0.6 is 0 Å². The topological polar surface area (TPSA) is 88.5 Å². The molecule has 0 bridgehead atoms. The summed E-state index contributed by atoms with van der Waals surface area (Å²) in [7, 11) is 0. The number of nitrogens with zero attached hydrogens (tertiary/aromatic N) is 1. The summed E-state index contributed by atoms with van der Waals surface area (Å²) in [4.78, 5) is 26.0. The van der Waals surface area contributed by atoms with Crippen LogP contribution in [0.1, 0.15) is 26.3 Å². The van der Waals surface area contributed by atoms with E-state index in [2.05, 4.69) is 10.3 Å². The van der Waals surface area contributed by atoms with Gasteiger partial charge in [-0.25, -0.2) is 9.59 Å². The Hall–Kier alpha value is -2.37. The molecule has 0 radical (unpaired) electrons. The smallest absolute Gasteiger partial charge is 0.412 e. The van der Waals surface area contributed by atoms with Crippen molar-refractivity contribution in [1.82, 2.24) is 4.98 Å². The average Bonchev–Trinajstić information content (AvgIpc) is 2.25. The maximum atomic E-state index is 11.6. The lowest BCUT2D eigenvalue weighted by Gasteiger charge is -2.20. The Morgan fingerprint density at radius 2 is 2.11 bits per heavy atom. The summed E-state index contributed by atoms with van der Waals surface area (Å²) < 4.78 is 5.10. The standard InChI is InChI=1S/C13H16N2O4/c1-13(2,3)19-12(18)15-10-8-14-7-6-9(10)4-5-11(16)17/h4-8H,1-3H3,(H,15,18)(H,16,17)/b5-4+. The normalized spacial score (nSPS) is 11.3. The first-order valence-electron chi connectivity index (χ1n) is 5.63. The van der Waals surface area contributed by atoms with Gasteiger partial charge < -0.3 is 9.84 Å². The molecule has 0 aliphatic rings. The predicted molar refractivity (Wildman–Crippen MR) is 70.8 cm³/mol. The van der Waals surface area contributed by atoms with Crippen LogP contribution in [0.25, 0.3) is 6.08 Å². The van der Waals surface area contributed by atoms with E-state index >= 15 is 0 Å². The van der Waals surface area contributed by atoms with Crippen LogP contribution in [-0.4, -0.2) is 27.8 Å². The number of hydrogen-bond acceptors (Lipinski definition) is 4. The van der Waals surface area contributed by atoms with Gasteiger partial charge in [0.05, 0.1) is 11.9 Å². The maximum absolute atomic E-state index is 11.6. The number of pyridine rings is 1. The van der Waals surface area contributed by atoms with Crippen LogP contribution in [0.15, 0.2) is 24.5 Å². The van der Waals surface area contributed by atoms with Crippen molar-refractivity contribution in [2.24, 2.45) is 0 Å². The largest absolute Gasteiger partial charge is 0.478 e. The Morgan fingerprint density at radius 3 is 2.68 bits per heavy atom. The highest BCUT2D eigenvalue weighted by Gasteiger charge is 2.16. The molecule has 1 amide bonds. The molecule has 0 atom stereocenters. The number of carbonyl (C=O) groups excluding carboxylic acids is 1. The Morgan fingerprint density at radius 1 is 1.42 bits per heavy atom. The molecular formula is C13H16N2O4. The van der Waals surface area contributed by atoms with Crippen molar-refractivity contribution in [2.75, 3.05) is 5.32 Å². The number of carboxylic acids is 1. The van der Waals surface area contributed by atoms with E-state index in [0.29, 0.717) is 11.3 Å². The van der Waals surface area contributed by atoms with E-state index in [1.165, 1.54) is 18.5 Å². The second-order valence-electron chi connectivity index (χ2n) is 4.76. The molecule has 102 valence electrons. The van der Waals surface area contributed by atoms with Gasteiger partial charge in [-0.1, -0.05) is 0 Å². The van der Waals surface area contributed by atoms with Crippen molar-refractivity contribution in [3.05, 3.63) is 30.1 Å². The molecule has 2 N–H and O–H groups in total. The van der Waals surface area contributed by atoms with E-state index in [4.69, 9.17) is 9.84 Å². The molecule has 19 heavy (non-hydrogen) atoms. The third kappa shape index (κ3) is 5.67. The lowest BCUT2D eigenvalue weighted by molar-refractivity contribution is -0.131. The predicted octanol–water partition coefficient (Wildman–Crippen LogP) is 2.53. The highest BCUT2D eigenvalue weighted by Crippen LogP contribution is 2.17. The van der Waals surface area contributed by atoms with E-state index in [1.54, 1.807) is 26.8 Å². The fourth-order valence-electron chi connectivity index (χ4n) is 1.23. The number of ether oxygens (including phenoxy) is 1. The number of rotatable bonds is 3. The van der Waals surface area contributed by atoms with Gasteiger partial charge in [0.2, 0.25) is 0 Å². The molecule has 0 spiro atoms. The van der Waals surface area contributed by atoms with Gasteiger partial charge in [-0.2, -0.15) is 0 Å². The van der Waals surface area contributed by atoms with E-state index < -0.39 is 17.7 Å². The number of anilines is 1. The first-order valence-corrected chi connectivity index (χ1v) is 5.63. The number of aliphatic carboxylic acids is 1. The van der Waals surface area contributed by atoms with Crippen LogP contribution in [0.4, 0.5) is 10.5 Å². The molecule has 1 heterocycles. The molecule has 0 unspecified atom stereocenters. The molecule has 1 rings (SSSR count). The van der Waals surface area contributed by atoms with E-state index in [-0.39, 0.29) is 0 Å². The van der Waals surface area contributed by atoms with Gasteiger partial charge in [-0.05, 0) is 32.9 Å². The van der Waals surface area contributed by atoms with Gasteiger partial charge in [0, 0.05) is 17.8 Å². The van der Waals surface area contributed by atoms with Crippen molar-refractivity contribution >= 4 is 23.8 Å². The zero-order valence-electron chi connectivity index (χ0n) is 11.0. The second-order valence-corrected chi connectivity index (χ2v) is 4.76. The summed E-state index contributed by atoms with van der Waals surface area (Å²) in [6, 6.07) is 1.59. The third-order valence-electron chi connectivity index (χ3n) is 1.90. The monoisotopic (exact) mass is 264 g/mol. The Balaban J connectivity index is 2.84. The summed E-state index contributed by atoms with van der Waals surface area (Å²) in [5.41, 5.74) is 0.307. The quantitative estimate of drug-likeness (QED) is 0.819. The number of hydrogen-bond donors (Lipinski definition) is 2. The van der Waals surface area contributed by atoms with Crippen molar-refractivity contribution in [3.8, 4) is 0 Å². The van der Waals surface area contributed by atoms with Crippen molar-refractivity contribution in [2.45, 2.75) is 26.4 Å². The Kier molecular flexibility index (Phi) is 4.63. The van der Waals surface area contributed by atoms with Crippen LogP contribution in [0, 0.1) is 0 Å². The van der Waals surface area contributed by atoms with Gasteiger partial charge in [0.1, 0.15) is 5.60 Å². The van der Waals surface area contributed by atoms with E-state index in [9.17, 15) is 9.59 Å². The van der Waals surface area contributed by atoms with Gasteiger partial charge in [0.15, 0.2) is 0 Å². The third-order valence-corrected chi connectivity index (χ3v) is 1.90. The van der Waals surface area contributed by atoms with Gasteiger partial charge in [-0.3, -0.25) is 10.3 Å². The number of carbonyl (C=O) groups is 2. The van der Waals surface area contributed by atoms with Crippen LogP contribution in [0.3, 0.4) is 0 Å². The Bertz CT molecular complexity index is 504. The average molecular weight is 264 g/mol. The summed E-state index contributed by atoms with van der Waals surface area (Å²) >= 11 is 0. The van der Waals surface area contributed by atoms with Crippen LogP contribution in [0.5, 0.6) is 0 Å². The fourth-order valence-corrected chi connectivity index (χ4v) is 1.23. The van der Waals surface area contributed by atoms with E-state index in [1.807, 2.05) is 0 Å². The molecule has 1 aromatic rings. The number of nitrogens with one attached hydrogen (secondary N) is 1. The zero-order chi connectivity index (χ0) is 14.5. The summed E-state index contributed by atoms with van der Waals surface area (Å²) in [5, 5.41) is 11.1. The zero-order valence-corrected chi connectivity index (χ0v) is 11.0. The van der Waals surface area contributed by atoms with Crippen LogP contribution < -0.4 is 5.32 Å². The lowest BCUT2D eigenvalue weighted by atomic mass is 10.2. The first kappa shape index (κ1) is 14.7. The van der Waals surface area contributed by atoms with Gasteiger partial charge in [0.25, 0.3) is 0 Å². The Labute approximate surface area is 111 Å². The molecule has 6 heteroatoms. The van der Waals surface area contributed by atoms with Gasteiger partial charge in [-0.15, -0.1) is 0 Å². The lowest BCUT2D eigenvalue weighted by Crippen LogP contribution is -2.27. The molecule has 0 saturated heterocycles. The van der Waals surface area contributed by atoms with E-state index in [0.717, 1.165) is 6.08 Å². The second kappa shape index (κ2) is 5.99. The highest BCUT2D eigenvalue weighted by molar-refractivity contribution is 5.91. The molecule has 6 nitrogen and oxygen atoms in total. The minimum Gasteiger partial charge on any atom is -0.478 e. The van der Waals surface area contributed by atoms with Crippen LogP contribution in [0.2, 0.25) is 0 Å². The summed E-state index contributed by atoms with van der Waals surface area (Å²) in [6.07, 6.45) is 4.66. The van der Waals surface area contributed by atoms with Crippen molar-refractivity contribution in [3.63, 3.8) is 0 Å². The molecular weight excluding hydrogens is 248 g/mol. The molecule has 0 fully saturated rings. The molecule has 0 aromatic carbocycles. The van der Waals surface area contributed by atoms with Crippen molar-refractivity contribution < 1.29 is 19.4 Å².